The average Bonchev–Trinajstić information content (AvgIpc) is 2.89. The van der Waals surface area contributed by atoms with Crippen molar-refractivity contribution < 1.29 is 15.8 Å². The minimum atomic E-state index is -3.12. The molecule has 0 atom stereocenters. The van der Waals surface area contributed by atoms with E-state index in [1.807, 2.05) is 0 Å². The molecule has 0 fully saturated rings. The van der Waals surface area contributed by atoms with Crippen LogP contribution >= 0.6 is 0 Å². The number of fused-ring (bicyclic) bond motifs is 1. The van der Waals surface area contributed by atoms with Gasteiger partial charge in [0, 0.05) is 37.1 Å². The van der Waals surface area contributed by atoms with Gasteiger partial charge < -0.3 is 9.78 Å². The summed E-state index contributed by atoms with van der Waals surface area (Å²) in [7, 11) is 0. The molecule has 0 unspecified atom stereocenters. The summed E-state index contributed by atoms with van der Waals surface area (Å²) in [5.41, 5.74) is -1.57. The highest BCUT2D eigenvalue weighted by molar-refractivity contribution is 5.78. The Balaban J connectivity index is 2.44. The predicted octanol–water partition coefficient (Wildman–Crippen LogP) is 1.10. The number of nitrogens with one attached hydrogen (secondary N) is 1. The van der Waals surface area contributed by atoms with Crippen LogP contribution in [0.15, 0.2) is 15.8 Å². The predicted molar refractivity (Wildman–Crippen MR) is 77.1 cm³/mol. The third-order valence-electron chi connectivity index (χ3n) is 3.01. The molecule has 0 aromatic carbocycles. The number of aromatic nitrogens is 3. The number of hydrogen-bond acceptors (Lipinski definition) is 3. The highest BCUT2D eigenvalue weighted by Crippen LogP contribution is 2.10. The van der Waals surface area contributed by atoms with E-state index in [1.54, 1.807) is 6.92 Å². The van der Waals surface area contributed by atoms with Gasteiger partial charge in [-0.3, -0.25) is 13.9 Å². The Morgan fingerprint density at radius 3 is 2.95 bits per heavy atom. The molecule has 0 saturated carbocycles. The molecule has 2 aromatic rings. The molecule has 2 aromatic heterocycles. The van der Waals surface area contributed by atoms with Gasteiger partial charge in [-0.15, -0.1) is 0 Å². The number of carbonyl (C=O) groups excluding carboxylic acids is 1. The number of H-pyrrole nitrogens is 1. The van der Waals surface area contributed by atoms with E-state index in [-0.39, 0.29) is 24.0 Å². The van der Waals surface area contributed by atoms with Gasteiger partial charge in [0.2, 0.25) is 0 Å². The zero-order valence-corrected chi connectivity index (χ0v) is 10.8. The lowest BCUT2D eigenvalue weighted by Crippen LogP contribution is -2.39. The van der Waals surface area contributed by atoms with Crippen molar-refractivity contribution in [3.8, 4) is 0 Å². The summed E-state index contributed by atoms with van der Waals surface area (Å²) in [5, 5.41) is 0.0114. The summed E-state index contributed by atoms with van der Waals surface area (Å²) in [6, 6.07) is 0. The lowest BCUT2D eigenvalue weighted by Gasteiger charge is -2.08. The Kier molecular flexibility index (Phi) is 1.93. The number of carbonyl (C=O) groups is 1. The molecule has 6 heteroatoms. The summed E-state index contributed by atoms with van der Waals surface area (Å²) in [6.45, 7) is -4.79. The number of Topliss-reactive ketones (excluding diaryl/α,β-unsaturated/α-hetero) is 1. The maximum atomic E-state index is 12.7. The van der Waals surface area contributed by atoms with Crippen LogP contribution in [0.3, 0.4) is 0 Å². The number of ketones is 1. The maximum absolute atomic E-state index is 12.7. The first-order chi connectivity index (χ1) is 12.6. The van der Waals surface area contributed by atoms with Gasteiger partial charge in [0.1, 0.15) is 11.4 Å². The molecule has 0 amide bonds. The van der Waals surface area contributed by atoms with Gasteiger partial charge in [0.25, 0.3) is 5.56 Å². The second-order valence-electron chi connectivity index (χ2n) is 4.38. The van der Waals surface area contributed by atoms with Crippen LogP contribution < -0.4 is 11.2 Å². The van der Waals surface area contributed by atoms with Crippen molar-refractivity contribution >= 4 is 16.8 Å². The van der Waals surface area contributed by atoms with E-state index in [9.17, 15) is 14.4 Å². The second-order valence-corrected chi connectivity index (χ2v) is 4.38. The Morgan fingerprint density at radius 2 is 2.25 bits per heavy atom. The monoisotopic (exact) mass is 285 g/mol. The standard InChI is InChI=1S/C14H19N3O3/c1-9-8-15-12-11(9)13(19)17(14(20)16(12)3)7-5-4-6-10(2)18/h8,15H,4-7H2,1-3H3/i2D3,3D3,6D2. The van der Waals surface area contributed by atoms with Crippen LogP contribution in [0, 0.1) is 6.92 Å². The van der Waals surface area contributed by atoms with E-state index < -0.39 is 43.7 Å². The molecule has 0 saturated heterocycles. The number of hydrogen-bond donors (Lipinski definition) is 1. The highest BCUT2D eigenvalue weighted by atomic mass is 16.2. The van der Waals surface area contributed by atoms with Gasteiger partial charge in [-0.05, 0) is 32.2 Å². The summed E-state index contributed by atoms with van der Waals surface area (Å²) >= 11 is 0. The molecule has 0 aliphatic carbocycles. The molecular formula is C14H19N3O3. The molecule has 0 aliphatic heterocycles. The number of rotatable bonds is 5. The van der Waals surface area contributed by atoms with E-state index >= 15 is 0 Å². The minimum Gasteiger partial charge on any atom is -0.347 e. The molecule has 0 radical (unpaired) electrons. The zero-order chi connectivity index (χ0) is 21.7. The van der Waals surface area contributed by atoms with Crippen LogP contribution in [-0.2, 0) is 18.3 Å². The fourth-order valence-corrected chi connectivity index (χ4v) is 2.03. The molecule has 2 rings (SSSR count). The van der Waals surface area contributed by atoms with Crippen molar-refractivity contribution in [3.63, 3.8) is 0 Å². The average molecular weight is 285 g/mol. The van der Waals surface area contributed by atoms with Crippen LogP contribution in [0.1, 0.15) is 42.6 Å². The third kappa shape index (κ3) is 2.45. The Labute approximate surface area is 127 Å². The highest BCUT2D eigenvalue weighted by Gasteiger charge is 2.13. The van der Waals surface area contributed by atoms with E-state index in [4.69, 9.17) is 11.0 Å². The molecule has 0 spiro atoms. The van der Waals surface area contributed by atoms with E-state index in [0.29, 0.717) is 14.7 Å². The number of nitrogens with zero attached hydrogens (tertiary/aromatic N) is 2. The normalized spacial score (nSPS) is 19.1. The van der Waals surface area contributed by atoms with Crippen LogP contribution in [0.25, 0.3) is 11.0 Å². The summed E-state index contributed by atoms with van der Waals surface area (Å²) in [6.07, 6.45) is -2.05. The van der Waals surface area contributed by atoms with Gasteiger partial charge in [0.05, 0.1) is 5.39 Å². The Morgan fingerprint density at radius 1 is 1.45 bits per heavy atom. The molecule has 20 heavy (non-hydrogen) atoms. The van der Waals surface area contributed by atoms with Crippen molar-refractivity contribution in [1.29, 1.82) is 0 Å². The first-order valence-corrected chi connectivity index (χ1v) is 5.98. The topological polar surface area (TPSA) is 76.9 Å². The number of aryl methyl sites for hydroxylation is 2. The van der Waals surface area contributed by atoms with Crippen LogP contribution in [-0.4, -0.2) is 19.9 Å². The summed E-state index contributed by atoms with van der Waals surface area (Å²) in [4.78, 5) is 39.5. The Hall–Kier alpha value is -2.11. The van der Waals surface area contributed by atoms with Crippen molar-refractivity contribution in [1.82, 2.24) is 14.1 Å². The summed E-state index contributed by atoms with van der Waals surface area (Å²) < 4.78 is 60.2. The van der Waals surface area contributed by atoms with E-state index in [1.165, 1.54) is 6.20 Å². The molecule has 108 valence electrons. The third-order valence-corrected chi connectivity index (χ3v) is 3.01. The molecule has 2 heterocycles. The van der Waals surface area contributed by atoms with Crippen molar-refractivity contribution in [2.24, 2.45) is 6.98 Å². The van der Waals surface area contributed by atoms with Gasteiger partial charge in [-0.25, -0.2) is 4.79 Å². The first-order valence-electron chi connectivity index (χ1n) is 9.98. The molecule has 1 N–H and O–H groups in total. The molecule has 0 bridgehead atoms. The first kappa shape index (κ1) is 7.06. The van der Waals surface area contributed by atoms with Crippen LogP contribution in [0.5, 0.6) is 0 Å². The second kappa shape index (κ2) is 5.48. The van der Waals surface area contributed by atoms with Gasteiger partial charge in [-0.1, -0.05) is 0 Å². The van der Waals surface area contributed by atoms with Crippen LogP contribution in [0.4, 0.5) is 0 Å². The van der Waals surface area contributed by atoms with Gasteiger partial charge in [0.15, 0.2) is 0 Å². The minimum absolute atomic E-state index is 0.0114. The lowest BCUT2D eigenvalue weighted by atomic mass is 10.2. The van der Waals surface area contributed by atoms with Crippen molar-refractivity contribution in [3.05, 3.63) is 32.6 Å². The summed E-state index contributed by atoms with van der Waals surface area (Å²) in [5.74, 6) is -1.57. The van der Waals surface area contributed by atoms with Gasteiger partial charge >= 0.3 is 5.69 Å². The SMILES string of the molecule is [2H]C([2H])([2H])C(=O)C([2H])([2H])CCCn1c(=O)c2c(C)c[nH]c2n(C([2H])([2H])[2H])c1=O. The number of aromatic amines is 1. The van der Waals surface area contributed by atoms with E-state index in [0.717, 1.165) is 0 Å². The fourth-order valence-electron chi connectivity index (χ4n) is 2.03. The quantitative estimate of drug-likeness (QED) is 0.893. The van der Waals surface area contributed by atoms with Crippen molar-refractivity contribution in [2.45, 2.75) is 39.5 Å². The molecule has 0 aliphatic rings. The zero-order valence-electron chi connectivity index (χ0n) is 18.8. The fraction of sp³-hybridized carbons (Fsp3) is 0.500. The van der Waals surface area contributed by atoms with E-state index in [2.05, 4.69) is 4.98 Å². The maximum Gasteiger partial charge on any atom is 0.332 e. The smallest absolute Gasteiger partial charge is 0.332 e. The molecule has 6 nitrogen and oxygen atoms in total. The molecular weight excluding hydrogens is 258 g/mol. The van der Waals surface area contributed by atoms with Crippen LogP contribution in [0.2, 0.25) is 0 Å². The largest absolute Gasteiger partial charge is 0.347 e. The van der Waals surface area contributed by atoms with Crippen molar-refractivity contribution in [2.75, 3.05) is 0 Å². The van der Waals surface area contributed by atoms with Gasteiger partial charge in [-0.2, -0.15) is 0 Å². The Bertz CT molecular complexity index is 1030. The lowest BCUT2D eigenvalue weighted by molar-refractivity contribution is -0.117.